The topological polar surface area (TPSA) is 25.0 Å². The van der Waals surface area contributed by atoms with Crippen molar-refractivity contribution in [1.82, 2.24) is 24.9 Å². The van der Waals surface area contributed by atoms with E-state index in [0.29, 0.717) is 24.2 Å². The van der Waals surface area contributed by atoms with Gasteiger partial charge in [0.05, 0.1) is 0 Å². The van der Waals surface area contributed by atoms with Crippen LogP contribution in [-0.2, 0) is 19.3 Å². The molecule has 0 spiro atoms. The monoisotopic (exact) mass is 650 g/mol. The van der Waals surface area contributed by atoms with E-state index < -0.39 is 0 Å². The summed E-state index contributed by atoms with van der Waals surface area (Å²) < 4.78 is 0. The molecule has 3 fully saturated rings. The predicted octanol–water partition coefficient (Wildman–Crippen LogP) is 6.78. The fraction of sp³-hybridized carbons (Fsp3) is 0.581. The second-order valence-corrected chi connectivity index (χ2v) is 15.0. The Morgan fingerprint density at radius 1 is 0.646 bits per heavy atom. The molecular weight excluding hydrogens is 587 g/mol. The van der Waals surface area contributed by atoms with Gasteiger partial charge in [0.1, 0.15) is 0 Å². The number of hydrogen-bond donors (Lipinski definition) is 1. The number of piperazine rings is 2. The molecule has 0 amide bonds. The van der Waals surface area contributed by atoms with Crippen LogP contribution in [0.2, 0.25) is 0 Å². The minimum atomic E-state index is 0.543. The summed E-state index contributed by atoms with van der Waals surface area (Å²) in [6, 6.07) is 36.1. The lowest BCUT2D eigenvalue weighted by Crippen LogP contribution is -2.60. The molecule has 3 aromatic rings. The van der Waals surface area contributed by atoms with Crippen LogP contribution in [0, 0.1) is 0 Å². The molecule has 48 heavy (non-hydrogen) atoms. The van der Waals surface area contributed by atoms with Crippen LogP contribution in [0.25, 0.3) is 0 Å². The Morgan fingerprint density at radius 3 is 2.02 bits per heavy atom. The van der Waals surface area contributed by atoms with Gasteiger partial charge in [-0.1, -0.05) is 124 Å². The average molecular weight is 650 g/mol. The van der Waals surface area contributed by atoms with Crippen LogP contribution in [0.4, 0.5) is 0 Å². The van der Waals surface area contributed by atoms with Gasteiger partial charge in [0, 0.05) is 76.5 Å². The summed E-state index contributed by atoms with van der Waals surface area (Å²) in [4.78, 5) is 11.5. The van der Waals surface area contributed by atoms with Crippen molar-refractivity contribution >= 4 is 0 Å². The molecule has 3 aliphatic heterocycles. The highest BCUT2D eigenvalue weighted by Gasteiger charge is 2.35. The number of rotatable bonds is 17. The highest BCUT2D eigenvalue weighted by Crippen LogP contribution is 2.25. The Hall–Kier alpha value is -2.54. The summed E-state index contributed by atoms with van der Waals surface area (Å²) >= 11 is 0. The first-order chi connectivity index (χ1) is 23.7. The zero-order chi connectivity index (χ0) is 32.8. The largest absolute Gasteiger partial charge is 0.314 e. The molecule has 0 aliphatic carbocycles. The SMILES string of the molecule is CCCCCCCN1CCN([C@@H](Cc2ccccc2)CN2CCCC2CN2CCNC[C@@H]2Cc2ccccc2)C[C@@H]1Cc1ccccc1. The second-order valence-electron chi connectivity index (χ2n) is 15.0. The van der Waals surface area contributed by atoms with Gasteiger partial charge < -0.3 is 5.32 Å². The Kier molecular flexibility index (Phi) is 14.0. The van der Waals surface area contributed by atoms with E-state index in [4.69, 9.17) is 0 Å². The lowest BCUT2D eigenvalue weighted by atomic mass is 9.97. The van der Waals surface area contributed by atoms with Crippen molar-refractivity contribution in [3.8, 4) is 0 Å². The standard InChI is InChI=1S/C43H63N5/c1-2-3-4-5-15-25-45-28-29-48(35-42(45)31-38-19-11-7-12-20-38)43(32-39-21-13-8-14-22-39)36-46-26-16-23-40(46)34-47-27-24-44-33-41(47)30-37-17-9-6-10-18-37/h6-14,17-22,40-44H,2-5,15-16,23-36H2,1H3/t40?,41-,42-,43-/m0/s1. The fourth-order valence-corrected chi connectivity index (χ4v) is 8.75. The third-order valence-corrected chi connectivity index (χ3v) is 11.5. The van der Waals surface area contributed by atoms with E-state index in [-0.39, 0.29) is 0 Å². The van der Waals surface area contributed by atoms with Crippen molar-refractivity contribution in [3.63, 3.8) is 0 Å². The van der Waals surface area contributed by atoms with E-state index in [1.54, 1.807) is 0 Å². The number of nitrogens with one attached hydrogen (secondary N) is 1. The summed E-state index contributed by atoms with van der Waals surface area (Å²) in [6.07, 6.45) is 12.9. The molecule has 3 aromatic carbocycles. The minimum absolute atomic E-state index is 0.543. The van der Waals surface area contributed by atoms with E-state index in [1.807, 2.05) is 0 Å². The minimum Gasteiger partial charge on any atom is -0.314 e. The van der Waals surface area contributed by atoms with Crippen LogP contribution in [-0.4, -0.2) is 109 Å². The third kappa shape index (κ3) is 10.5. The van der Waals surface area contributed by atoms with Crippen LogP contribution in [0.15, 0.2) is 91.0 Å². The maximum absolute atomic E-state index is 3.70. The second kappa shape index (κ2) is 19.0. The number of nitrogens with zero attached hydrogens (tertiary/aromatic N) is 4. The third-order valence-electron chi connectivity index (χ3n) is 11.5. The summed E-state index contributed by atoms with van der Waals surface area (Å²) in [7, 11) is 0. The van der Waals surface area contributed by atoms with E-state index in [2.05, 4.69) is 123 Å². The number of hydrogen-bond acceptors (Lipinski definition) is 5. The average Bonchev–Trinajstić information content (AvgIpc) is 3.56. The van der Waals surface area contributed by atoms with Crippen LogP contribution < -0.4 is 5.32 Å². The van der Waals surface area contributed by atoms with Gasteiger partial charge in [0.15, 0.2) is 0 Å². The zero-order valence-electron chi connectivity index (χ0n) is 29.9. The highest BCUT2D eigenvalue weighted by molar-refractivity contribution is 5.19. The maximum Gasteiger partial charge on any atom is 0.0264 e. The molecule has 0 radical (unpaired) electrons. The lowest BCUT2D eigenvalue weighted by molar-refractivity contribution is 0.0286. The zero-order valence-corrected chi connectivity index (χ0v) is 29.9. The molecule has 1 unspecified atom stereocenters. The Labute approximate surface area is 292 Å². The van der Waals surface area contributed by atoms with E-state index in [1.165, 1.54) is 107 Å². The van der Waals surface area contributed by atoms with Gasteiger partial charge in [0.2, 0.25) is 0 Å². The van der Waals surface area contributed by atoms with Crippen molar-refractivity contribution in [1.29, 1.82) is 0 Å². The number of unbranched alkanes of at least 4 members (excludes halogenated alkanes) is 4. The van der Waals surface area contributed by atoms with Gasteiger partial charge in [-0.2, -0.15) is 0 Å². The van der Waals surface area contributed by atoms with Crippen molar-refractivity contribution in [2.45, 2.75) is 95.3 Å². The van der Waals surface area contributed by atoms with Crippen LogP contribution >= 0.6 is 0 Å². The molecule has 0 saturated carbocycles. The Bertz CT molecular complexity index is 1290. The first-order valence-electron chi connectivity index (χ1n) is 19.5. The van der Waals surface area contributed by atoms with E-state index in [0.717, 1.165) is 38.9 Å². The Balaban J connectivity index is 1.14. The molecule has 4 atom stereocenters. The molecule has 5 heteroatoms. The van der Waals surface area contributed by atoms with Crippen LogP contribution in [0.1, 0.15) is 68.6 Å². The van der Waals surface area contributed by atoms with Gasteiger partial charge >= 0.3 is 0 Å². The van der Waals surface area contributed by atoms with Crippen molar-refractivity contribution in [2.75, 3.05) is 65.4 Å². The normalized spacial score (nSPS) is 23.8. The maximum atomic E-state index is 3.70. The molecule has 6 rings (SSSR count). The van der Waals surface area contributed by atoms with Gasteiger partial charge in [0.25, 0.3) is 0 Å². The highest BCUT2D eigenvalue weighted by atomic mass is 15.3. The molecule has 0 aromatic heterocycles. The molecule has 5 nitrogen and oxygen atoms in total. The molecule has 1 N–H and O–H groups in total. The first-order valence-corrected chi connectivity index (χ1v) is 19.5. The van der Waals surface area contributed by atoms with E-state index in [9.17, 15) is 0 Å². The van der Waals surface area contributed by atoms with Crippen LogP contribution in [0.5, 0.6) is 0 Å². The number of benzene rings is 3. The molecule has 3 saturated heterocycles. The molecule has 3 heterocycles. The van der Waals surface area contributed by atoms with Crippen molar-refractivity contribution in [2.24, 2.45) is 0 Å². The number of likely N-dealkylation sites (tertiary alicyclic amines) is 1. The Morgan fingerprint density at radius 2 is 1.31 bits per heavy atom. The molecular formula is C43H63N5. The molecule has 3 aliphatic rings. The van der Waals surface area contributed by atoms with Gasteiger partial charge in [-0.25, -0.2) is 0 Å². The summed E-state index contributed by atoms with van der Waals surface area (Å²) in [5, 5.41) is 3.70. The van der Waals surface area contributed by atoms with Gasteiger partial charge in [-0.3, -0.25) is 19.6 Å². The van der Waals surface area contributed by atoms with E-state index >= 15 is 0 Å². The fourth-order valence-electron chi connectivity index (χ4n) is 8.75. The van der Waals surface area contributed by atoms with Crippen molar-refractivity contribution in [3.05, 3.63) is 108 Å². The molecule has 260 valence electrons. The van der Waals surface area contributed by atoms with Crippen LogP contribution in [0.3, 0.4) is 0 Å². The van der Waals surface area contributed by atoms with Crippen molar-refractivity contribution < 1.29 is 0 Å². The first kappa shape index (κ1) is 35.3. The molecule has 0 bridgehead atoms. The van der Waals surface area contributed by atoms with Gasteiger partial charge in [-0.05, 0) is 68.3 Å². The summed E-state index contributed by atoms with van der Waals surface area (Å²) in [6.45, 7) is 14.1. The quantitative estimate of drug-likeness (QED) is 0.163. The summed E-state index contributed by atoms with van der Waals surface area (Å²) in [5.41, 5.74) is 4.44. The lowest BCUT2D eigenvalue weighted by Gasteiger charge is -2.46. The predicted molar refractivity (Wildman–Crippen MR) is 203 cm³/mol. The summed E-state index contributed by atoms with van der Waals surface area (Å²) in [5.74, 6) is 0. The van der Waals surface area contributed by atoms with Gasteiger partial charge in [-0.15, -0.1) is 0 Å². The smallest absolute Gasteiger partial charge is 0.0264 e.